The maximum atomic E-state index is 12.8. The quantitative estimate of drug-likeness (QED) is 0.586. The molecule has 1 aromatic rings. The predicted molar refractivity (Wildman–Crippen MR) is 104 cm³/mol. The lowest BCUT2D eigenvalue weighted by Crippen LogP contribution is -2.46. The second-order valence-corrected chi connectivity index (χ2v) is 6.96. The Labute approximate surface area is 164 Å². The monoisotopic (exact) mass is 384 g/mol. The van der Waals surface area contributed by atoms with Crippen LogP contribution in [0, 0.1) is 0 Å². The molecule has 0 bridgehead atoms. The van der Waals surface area contributed by atoms with E-state index in [1.807, 2.05) is 6.08 Å². The van der Waals surface area contributed by atoms with Crippen molar-refractivity contribution in [1.82, 2.24) is 4.90 Å². The van der Waals surface area contributed by atoms with Crippen LogP contribution in [0.2, 0.25) is 0 Å². The molecule has 0 radical (unpaired) electrons. The Bertz CT molecular complexity index is 820. The lowest BCUT2D eigenvalue weighted by Gasteiger charge is -2.37. The number of likely N-dealkylation sites (tertiary alicyclic amines) is 1. The number of likely N-dealkylation sites (N-methyl/N-ethyl adjacent to an activating group) is 1. The third-order valence-corrected chi connectivity index (χ3v) is 5.30. The normalized spacial score (nSPS) is 17.8. The molecule has 7 nitrogen and oxygen atoms in total. The number of nitrogens with zero attached hydrogens (tertiary/aromatic N) is 2. The minimum Gasteiger partial charge on any atom is -0.466 e. The van der Waals surface area contributed by atoms with E-state index in [9.17, 15) is 14.4 Å². The van der Waals surface area contributed by atoms with Crippen molar-refractivity contribution in [2.75, 3.05) is 38.8 Å². The van der Waals surface area contributed by atoms with Gasteiger partial charge in [-0.3, -0.25) is 9.59 Å². The first kappa shape index (κ1) is 19.8. The van der Waals surface area contributed by atoms with Gasteiger partial charge in [0.25, 0.3) is 5.91 Å². The minimum atomic E-state index is -0.488. The molecule has 1 aromatic carbocycles. The summed E-state index contributed by atoms with van der Waals surface area (Å²) in [6, 6.07) is 6.92. The summed E-state index contributed by atoms with van der Waals surface area (Å²) in [7, 11) is 3.01. The van der Waals surface area contributed by atoms with Gasteiger partial charge >= 0.3 is 5.97 Å². The Balaban J connectivity index is 1.63. The Hall–Kier alpha value is -2.93. The number of hydrogen-bond donors (Lipinski definition) is 0. The van der Waals surface area contributed by atoms with Gasteiger partial charge < -0.3 is 19.3 Å². The molecule has 0 saturated carbocycles. The lowest BCUT2D eigenvalue weighted by atomic mass is 9.90. The molecule has 0 unspecified atom stereocenters. The highest BCUT2D eigenvalue weighted by Crippen LogP contribution is 2.34. The second kappa shape index (κ2) is 7.98. The molecule has 0 aliphatic carbocycles. The number of rotatable bonds is 4. The van der Waals surface area contributed by atoms with Gasteiger partial charge in [-0.1, -0.05) is 6.58 Å². The summed E-state index contributed by atoms with van der Waals surface area (Å²) < 4.78 is 10.6. The highest BCUT2D eigenvalue weighted by Gasteiger charge is 2.40. The van der Waals surface area contributed by atoms with Crippen LogP contribution in [0.5, 0.6) is 0 Å². The largest absolute Gasteiger partial charge is 0.466 e. The van der Waals surface area contributed by atoms with Crippen molar-refractivity contribution in [1.29, 1.82) is 0 Å². The van der Waals surface area contributed by atoms with E-state index in [0.717, 1.165) is 0 Å². The summed E-state index contributed by atoms with van der Waals surface area (Å²) >= 11 is 0. The average Bonchev–Trinajstić information content (AvgIpc) is 3.15. The van der Waals surface area contributed by atoms with Gasteiger partial charge in [0.1, 0.15) is 0 Å². The topological polar surface area (TPSA) is 76.2 Å². The molecule has 2 heterocycles. The molecule has 3 rings (SSSR count). The average molecular weight is 384 g/mol. The van der Waals surface area contributed by atoms with Gasteiger partial charge in [-0.05, 0) is 49.3 Å². The number of anilines is 1. The third-order valence-electron chi connectivity index (χ3n) is 5.30. The Morgan fingerprint density at radius 2 is 1.86 bits per heavy atom. The number of piperidine rings is 1. The predicted octanol–water partition coefficient (Wildman–Crippen LogP) is 1.94. The molecule has 2 aliphatic heterocycles. The Morgan fingerprint density at radius 1 is 1.21 bits per heavy atom. The number of methoxy groups -OCH3 is 1. The van der Waals surface area contributed by atoms with E-state index in [2.05, 4.69) is 6.58 Å². The fraction of sp³-hybridized carbons (Fsp3) is 0.381. The van der Waals surface area contributed by atoms with E-state index in [1.54, 1.807) is 36.2 Å². The van der Waals surface area contributed by atoms with Crippen molar-refractivity contribution in [2.24, 2.45) is 0 Å². The summed E-state index contributed by atoms with van der Waals surface area (Å²) in [6.07, 6.45) is 4.36. The van der Waals surface area contributed by atoms with Crippen LogP contribution in [0.25, 0.3) is 0 Å². The zero-order chi connectivity index (χ0) is 20.3. The molecule has 28 heavy (non-hydrogen) atoms. The minimum absolute atomic E-state index is 0.0609. The Kier molecular flexibility index (Phi) is 5.65. The molecule has 1 fully saturated rings. The number of hydrogen-bond acceptors (Lipinski definition) is 5. The molecule has 7 heteroatoms. The number of amides is 2. The van der Waals surface area contributed by atoms with Crippen LogP contribution < -0.4 is 4.90 Å². The molecule has 148 valence electrons. The van der Waals surface area contributed by atoms with Gasteiger partial charge in [-0.2, -0.15) is 0 Å². The van der Waals surface area contributed by atoms with E-state index in [-0.39, 0.29) is 24.4 Å². The summed E-state index contributed by atoms with van der Waals surface area (Å²) in [5.41, 5.74) is 1.31. The van der Waals surface area contributed by atoms with Gasteiger partial charge in [-0.25, -0.2) is 4.79 Å². The summed E-state index contributed by atoms with van der Waals surface area (Å²) in [6.45, 7) is 4.80. The van der Waals surface area contributed by atoms with Gasteiger partial charge in [0.05, 0.1) is 24.9 Å². The van der Waals surface area contributed by atoms with Crippen molar-refractivity contribution < 1.29 is 23.9 Å². The fourth-order valence-corrected chi connectivity index (χ4v) is 3.52. The third kappa shape index (κ3) is 3.84. The molecule has 1 saturated heterocycles. The number of carbonyl (C=O) groups excluding carboxylic acids is 3. The van der Waals surface area contributed by atoms with Crippen molar-refractivity contribution in [2.45, 2.75) is 18.4 Å². The van der Waals surface area contributed by atoms with E-state index in [4.69, 9.17) is 9.47 Å². The van der Waals surface area contributed by atoms with Crippen LogP contribution in [0.15, 0.2) is 48.6 Å². The van der Waals surface area contributed by atoms with E-state index in [1.165, 1.54) is 18.1 Å². The number of ether oxygens (including phenoxy) is 2. The zero-order valence-electron chi connectivity index (χ0n) is 16.1. The van der Waals surface area contributed by atoms with Crippen LogP contribution in [0.1, 0.15) is 23.2 Å². The van der Waals surface area contributed by atoms with Gasteiger partial charge in [0, 0.05) is 31.4 Å². The molecule has 0 aromatic heterocycles. The smallest absolute Gasteiger partial charge is 0.335 e. The second-order valence-electron chi connectivity index (χ2n) is 6.96. The van der Waals surface area contributed by atoms with E-state index < -0.39 is 5.60 Å². The van der Waals surface area contributed by atoms with Gasteiger partial charge in [0.2, 0.25) is 5.91 Å². The highest BCUT2D eigenvalue weighted by atomic mass is 16.5. The fourth-order valence-electron chi connectivity index (χ4n) is 3.52. The first-order chi connectivity index (χ1) is 13.4. The van der Waals surface area contributed by atoms with Crippen LogP contribution >= 0.6 is 0 Å². The lowest BCUT2D eigenvalue weighted by molar-refractivity contribution is -0.136. The summed E-state index contributed by atoms with van der Waals surface area (Å²) in [5.74, 6) is -0.638. The summed E-state index contributed by atoms with van der Waals surface area (Å²) in [5, 5.41) is 0. The number of benzene rings is 1. The van der Waals surface area contributed by atoms with Crippen LogP contribution in [-0.2, 0) is 19.1 Å². The SMILES string of the molecule is C=CC(=O)N(C)c1ccc(C(=O)N2CCC3(C=C(C(=O)OC)CO3)CC2)cc1. The van der Waals surface area contributed by atoms with Crippen LogP contribution in [0.4, 0.5) is 5.69 Å². The van der Waals surface area contributed by atoms with E-state index >= 15 is 0 Å². The maximum absolute atomic E-state index is 12.8. The standard InChI is InChI=1S/C21H24N2O5/c1-4-18(24)22(2)17-7-5-15(6-8-17)19(25)23-11-9-21(10-12-23)13-16(14-28-21)20(26)27-3/h4-8,13H,1,9-12,14H2,2-3H3. The van der Waals surface area contributed by atoms with Crippen molar-refractivity contribution in [3.8, 4) is 0 Å². The molecule has 0 N–H and O–H groups in total. The molecule has 2 aliphatic rings. The van der Waals surface area contributed by atoms with E-state index in [0.29, 0.717) is 42.8 Å². The van der Waals surface area contributed by atoms with Crippen molar-refractivity contribution in [3.63, 3.8) is 0 Å². The molecular weight excluding hydrogens is 360 g/mol. The first-order valence-electron chi connectivity index (χ1n) is 9.12. The molecule has 2 amide bonds. The van der Waals surface area contributed by atoms with Crippen LogP contribution in [0.3, 0.4) is 0 Å². The number of esters is 1. The molecule has 1 spiro atoms. The maximum Gasteiger partial charge on any atom is 0.335 e. The number of carbonyl (C=O) groups is 3. The molecular formula is C21H24N2O5. The van der Waals surface area contributed by atoms with Gasteiger partial charge in [-0.15, -0.1) is 0 Å². The Morgan fingerprint density at radius 3 is 2.43 bits per heavy atom. The molecule has 0 atom stereocenters. The highest BCUT2D eigenvalue weighted by molar-refractivity contribution is 6.01. The van der Waals surface area contributed by atoms with Gasteiger partial charge in [0.15, 0.2) is 0 Å². The van der Waals surface area contributed by atoms with Crippen LogP contribution in [-0.4, -0.2) is 62.1 Å². The van der Waals surface area contributed by atoms with Crippen molar-refractivity contribution >= 4 is 23.5 Å². The van der Waals surface area contributed by atoms with Crippen molar-refractivity contribution in [3.05, 3.63) is 54.1 Å². The summed E-state index contributed by atoms with van der Waals surface area (Å²) in [4.78, 5) is 39.4. The zero-order valence-corrected chi connectivity index (χ0v) is 16.1. The first-order valence-corrected chi connectivity index (χ1v) is 9.12.